The molecule has 2 nitrogen and oxygen atoms in total. The van der Waals surface area contributed by atoms with Crippen LogP contribution in [0, 0.1) is 12.8 Å². The summed E-state index contributed by atoms with van der Waals surface area (Å²) in [6.07, 6.45) is 4.16. The van der Waals surface area contributed by atoms with Crippen LogP contribution in [-0.2, 0) is 0 Å². The van der Waals surface area contributed by atoms with Gasteiger partial charge in [0, 0.05) is 17.9 Å². The van der Waals surface area contributed by atoms with Crippen molar-refractivity contribution >= 4 is 0 Å². The standard InChI is InChI=1S/C12H20N2/c1-4-10(5-2)12(13)11-7-6-9(3)14-8-11/h6-8,10,12H,4-5,13H2,1-3H3. The van der Waals surface area contributed by atoms with E-state index in [2.05, 4.69) is 24.9 Å². The van der Waals surface area contributed by atoms with Gasteiger partial charge in [-0.2, -0.15) is 0 Å². The number of pyridine rings is 1. The Bertz CT molecular complexity index is 262. The fourth-order valence-corrected chi connectivity index (χ4v) is 1.75. The Balaban J connectivity index is 2.77. The predicted molar refractivity (Wildman–Crippen MR) is 60.0 cm³/mol. The van der Waals surface area contributed by atoms with E-state index >= 15 is 0 Å². The summed E-state index contributed by atoms with van der Waals surface area (Å²) in [5.74, 6) is 0.569. The first-order valence-electron chi connectivity index (χ1n) is 5.37. The summed E-state index contributed by atoms with van der Waals surface area (Å²) in [7, 11) is 0. The van der Waals surface area contributed by atoms with Crippen LogP contribution in [0.15, 0.2) is 18.3 Å². The third-order valence-electron chi connectivity index (χ3n) is 2.88. The highest BCUT2D eigenvalue weighted by Gasteiger charge is 2.15. The number of hydrogen-bond donors (Lipinski definition) is 1. The summed E-state index contributed by atoms with van der Waals surface area (Å²) in [6, 6.07) is 4.25. The van der Waals surface area contributed by atoms with Crippen molar-refractivity contribution in [2.45, 2.75) is 39.7 Å². The van der Waals surface area contributed by atoms with Crippen molar-refractivity contribution < 1.29 is 0 Å². The van der Waals surface area contributed by atoms with Gasteiger partial charge in [0.25, 0.3) is 0 Å². The van der Waals surface area contributed by atoms with Crippen molar-refractivity contribution in [1.29, 1.82) is 0 Å². The number of aromatic nitrogens is 1. The molecule has 1 heterocycles. The van der Waals surface area contributed by atoms with Gasteiger partial charge in [-0.1, -0.05) is 32.8 Å². The zero-order chi connectivity index (χ0) is 10.6. The minimum Gasteiger partial charge on any atom is -0.324 e. The van der Waals surface area contributed by atoms with E-state index in [4.69, 9.17) is 5.73 Å². The van der Waals surface area contributed by atoms with Crippen molar-refractivity contribution in [2.75, 3.05) is 0 Å². The monoisotopic (exact) mass is 192 g/mol. The third-order valence-corrected chi connectivity index (χ3v) is 2.88. The fraction of sp³-hybridized carbons (Fsp3) is 0.583. The van der Waals surface area contributed by atoms with Gasteiger partial charge in [0.15, 0.2) is 0 Å². The van der Waals surface area contributed by atoms with Crippen LogP contribution in [0.2, 0.25) is 0 Å². The van der Waals surface area contributed by atoms with Crippen LogP contribution < -0.4 is 5.73 Å². The highest BCUT2D eigenvalue weighted by Crippen LogP contribution is 2.24. The van der Waals surface area contributed by atoms with Gasteiger partial charge >= 0.3 is 0 Å². The van der Waals surface area contributed by atoms with E-state index < -0.39 is 0 Å². The molecular formula is C12H20N2. The fourth-order valence-electron chi connectivity index (χ4n) is 1.75. The molecule has 0 radical (unpaired) electrons. The predicted octanol–water partition coefficient (Wildman–Crippen LogP) is 2.83. The van der Waals surface area contributed by atoms with Gasteiger partial charge in [-0.25, -0.2) is 0 Å². The molecule has 0 spiro atoms. The number of nitrogens with zero attached hydrogens (tertiary/aromatic N) is 1. The first-order valence-corrected chi connectivity index (χ1v) is 5.37. The Morgan fingerprint density at radius 3 is 2.36 bits per heavy atom. The topological polar surface area (TPSA) is 38.9 Å². The van der Waals surface area contributed by atoms with Gasteiger partial charge in [-0.3, -0.25) is 4.98 Å². The largest absolute Gasteiger partial charge is 0.324 e. The van der Waals surface area contributed by atoms with Gasteiger partial charge in [-0.15, -0.1) is 0 Å². The lowest BCUT2D eigenvalue weighted by Gasteiger charge is -2.21. The highest BCUT2D eigenvalue weighted by atomic mass is 14.7. The molecule has 1 rings (SSSR count). The number of aryl methyl sites for hydroxylation is 1. The average molecular weight is 192 g/mol. The number of nitrogens with two attached hydrogens (primary N) is 1. The molecule has 78 valence electrons. The molecule has 0 saturated heterocycles. The molecule has 1 unspecified atom stereocenters. The van der Waals surface area contributed by atoms with Gasteiger partial charge in [0.1, 0.15) is 0 Å². The molecular weight excluding hydrogens is 172 g/mol. The van der Waals surface area contributed by atoms with E-state index in [1.165, 1.54) is 0 Å². The van der Waals surface area contributed by atoms with E-state index in [-0.39, 0.29) is 6.04 Å². The molecule has 2 heteroatoms. The maximum atomic E-state index is 6.17. The van der Waals surface area contributed by atoms with E-state index in [0.29, 0.717) is 5.92 Å². The van der Waals surface area contributed by atoms with Crippen LogP contribution in [0.25, 0.3) is 0 Å². The molecule has 0 aromatic carbocycles. The minimum atomic E-state index is 0.137. The molecule has 0 bridgehead atoms. The second-order valence-corrected chi connectivity index (χ2v) is 3.84. The van der Waals surface area contributed by atoms with Crippen LogP contribution in [0.5, 0.6) is 0 Å². The molecule has 1 atom stereocenters. The second-order valence-electron chi connectivity index (χ2n) is 3.84. The van der Waals surface area contributed by atoms with E-state index in [0.717, 1.165) is 24.1 Å². The average Bonchev–Trinajstić information content (AvgIpc) is 2.20. The van der Waals surface area contributed by atoms with Crippen LogP contribution in [-0.4, -0.2) is 4.98 Å². The lowest BCUT2D eigenvalue weighted by atomic mass is 9.90. The van der Waals surface area contributed by atoms with Gasteiger partial charge in [0.2, 0.25) is 0 Å². The van der Waals surface area contributed by atoms with E-state index in [1.807, 2.05) is 19.2 Å². The van der Waals surface area contributed by atoms with Crippen molar-refractivity contribution in [3.63, 3.8) is 0 Å². The zero-order valence-corrected chi connectivity index (χ0v) is 9.33. The minimum absolute atomic E-state index is 0.137. The van der Waals surface area contributed by atoms with Gasteiger partial charge in [0.05, 0.1) is 0 Å². The van der Waals surface area contributed by atoms with Crippen molar-refractivity contribution in [3.05, 3.63) is 29.6 Å². The summed E-state index contributed by atoms with van der Waals surface area (Å²) in [5, 5.41) is 0. The SMILES string of the molecule is CCC(CC)C(N)c1ccc(C)nc1. The Morgan fingerprint density at radius 2 is 1.93 bits per heavy atom. The quantitative estimate of drug-likeness (QED) is 0.796. The van der Waals surface area contributed by atoms with Crippen molar-refractivity contribution in [2.24, 2.45) is 11.7 Å². The Kier molecular flexibility index (Phi) is 4.08. The molecule has 0 fully saturated rings. The molecule has 0 saturated carbocycles. The zero-order valence-electron chi connectivity index (χ0n) is 9.33. The van der Waals surface area contributed by atoms with Crippen LogP contribution in [0.3, 0.4) is 0 Å². The molecule has 1 aromatic heterocycles. The molecule has 0 amide bonds. The van der Waals surface area contributed by atoms with Crippen LogP contribution >= 0.6 is 0 Å². The second kappa shape index (κ2) is 5.11. The molecule has 1 aromatic rings. The van der Waals surface area contributed by atoms with Crippen LogP contribution in [0.4, 0.5) is 0 Å². The maximum Gasteiger partial charge on any atom is 0.0372 e. The summed E-state index contributed by atoms with van der Waals surface area (Å²) in [5.41, 5.74) is 8.37. The molecule has 0 aliphatic heterocycles. The first kappa shape index (κ1) is 11.2. The summed E-state index contributed by atoms with van der Waals surface area (Å²) >= 11 is 0. The van der Waals surface area contributed by atoms with Gasteiger partial charge < -0.3 is 5.73 Å². The van der Waals surface area contributed by atoms with Crippen molar-refractivity contribution in [1.82, 2.24) is 4.98 Å². The molecule has 0 aliphatic carbocycles. The summed E-state index contributed by atoms with van der Waals surface area (Å²) < 4.78 is 0. The van der Waals surface area contributed by atoms with Crippen LogP contribution in [0.1, 0.15) is 44.0 Å². The Morgan fingerprint density at radius 1 is 1.29 bits per heavy atom. The maximum absolute atomic E-state index is 6.17. The summed E-state index contributed by atoms with van der Waals surface area (Å²) in [4.78, 5) is 4.27. The lowest BCUT2D eigenvalue weighted by molar-refractivity contribution is 0.404. The lowest BCUT2D eigenvalue weighted by Crippen LogP contribution is -2.20. The molecule has 0 aliphatic rings. The van der Waals surface area contributed by atoms with E-state index in [9.17, 15) is 0 Å². The van der Waals surface area contributed by atoms with Crippen molar-refractivity contribution in [3.8, 4) is 0 Å². The number of rotatable bonds is 4. The highest BCUT2D eigenvalue weighted by molar-refractivity contribution is 5.17. The Labute approximate surface area is 86.5 Å². The normalized spacial score (nSPS) is 13.2. The smallest absolute Gasteiger partial charge is 0.0372 e. The third kappa shape index (κ3) is 2.55. The molecule has 14 heavy (non-hydrogen) atoms. The summed E-state index contributed by atoms with van der Waals surface area (Å²) in [6.45, 7) is 6.37. The van der Waals surface area contributed by atoms with Gasteiger partial charge in [-0.05, 0) is 24.5 Å². The number of hydrogen-bond acceptors (Lipinski definition) is 2. The Hall–Kier alpha value is -0.890. The molecule has 2 N–H and O–H groups in total. The first-order chi connectivity index (χ1) is 6.69. The van der Waals surface area contributed by atoms with E-state index in [1.54, 1.807) is 0 Å².